The first-order chi connectivity index (χ1) is 9.22. The molecule has 0 aliphatic heterocycles. The topological polar surface area (TPSA) is 55.1 Å². The zero-order valence-corrected chi connectivity index (χ0v) is 11.9. The molecular formula is C16H26N2O. The summed E-state index contributed by atoms with van der Waals surface area (Å²) in [5.74, 6) is 0.706. The van der Waals surface area contributed by atoms with Crippen LogP contribution in [0, 0.1) is 5.92 Å². The standard InChI is InChI=1S/C16H26N2O/c1-14(11-12-17)9-10-16(19)18-13-5-8-15-6-3-2-4-7-15/h2-4,6-7,14H,5,8-13,17H2,1H3,(H,18,19). The van der Waals surface area contributed by atoms with Gasteiger partial charge in [0.2, 0.25) is 5.91 Å². The Balaban J connectivity index is 2.04. The van der Waals surface area contributed by atoms with Crippen LogP contribution in [0.4, 0.5) is 0 Å². The summed E-state index contributed by atoms with van der Waals surface area (Å²) in [6.07, 6.45) is 4.56. The van der Waals surface area contributed by atoms with Gasteiger partial charge in [0, 0.05) is 13.0 Å². The van der Waals surface area contributed by atoms with Crippen LogP contribution < -0.4 is 11.1 Å². The highest BCUT2D eigenvalue weighted by Crippen LogP contribution is 2.08. The van der Waals surface area contributed by atoms with Crippen molar-refractivity contribution in [3.05, 3.63) is 35.9 Å². The van der Waals surface area contributed by atoms with Crippen LogP contribution in [0.15, 0.2) is 30.3 Å². The second kappa shape index (κ2) is 9.56. The third-order valence-corrected chi connectivity index (χ3v) is 3.33. The fourth-order valence-corrected chi connectivity index (χ4v) is 2.06. The molecule has 0 bridgehead atoms. The number of rotatable bonds is 9. The van der Waals surface area contributed by atoms with E-state index in [1.807, 2.05) is 18.2 Å². The average molecular weight is 262 g/mol. The second-order valence-corrected chi connectivity index (χ2v) is 5.16. The highest BCUT2D eigenvalue weighted by atomic mass is 16.1. The molecule has 3 N–H and O–H groups in total. The normalized spacial score (nSPS) is 12.1. The largest absolute Gasteiger partial charge is 0.356 e. The quantitative estimate of drug-likeness (QED) is 0.672. The molecule has 0 radical (unpaired) electrons. The van der Waals surface area contributed by atoms with Crippen LogP contribution in [0.2, 0.25) is 0 Å². The van der Waals surface area contributed by atoms with Gasteiger partial charge >= 0.3 is 0 Å². The Labute approximate surface area is 116 Å². The van der Waals surface area contributed by atoms with Crippen LogP contribution in [-0.2, 0) is 11.2 Å². The number of nitrogens with two attached hydrogens (primary N) is 1. The molecule has 1 unspecified atom stereocenters. The molecule has 0 saturated carbocycles. The lowest BCUT2D eigenvalue weighted by Gasteiger charge is -2.10. The summed E-state index contributed by atoms with van der Waals surface area (Å²) in [6.45, 7) is 3.62. The molecule has 0 heterocycles. The maximum Gasteiger partial charge on any atom is 0.220 e. The minimum absolute atomic E-state index is 0.164. The van der Waals surface area contributed by atoms with Crippen molar-refractivity contribution in [1.29, 1.82) is 0 Å². The van der Waals surface area contributed by atoms with Gasteiger partial charge in [-0.15, -0.1) is 0 Å². The smallest absolute Gasteiger partial charge is 0.220 e. The van der Waals surface area contributed by atoms with Gasteiger partial charge in [0.1, 0.15) is 0 Å². The zero-order valence-electron chi connectivity index (χ0n) is 11.9. The first-order valence-electron chi connectivity index (χ1n) is 7.23. The zero-order chi connectivity index (χ0) is 13.9. The summed E-state index contributed by atoms with van der Waals surface area (Å²) in [6, 6.07) is 10.4. The minimum Gasteiger partial charge on any atom is -0.356 e. The summed E-state index contributed by atoms with van der Waals surface area (Å²) < 4.78 is 0. The number of amides is 1. The van der Waals surface area contributed by atoms with Gasteiger partial charge in [0.15, 0.2) is 0 Å². The highest BCUT2D eigenvalue weighted by Gasteiger charge is 2.05. The maximum absolute atomic E-state index is 11.6. The number of carbonyl (C=O) groups is 1. The van der Waals surface area contributed by atoms with E-state index in [9.17, 15) is 4.79 Å². The SMILES string of the molecule is CC(CCN)CCC(=O)NCCCc1ccccc1. The molecule has 1 aromatic carbocycles. The van der Waals surface area contributed by atoms with E-state index in [0.717, 1.165) is 32.2 Å². The van der Waals surface area contributed by atoms with Crippen LogP contribution in [0.5, 0.6) is 0 Å². The minimum atomic E-state index is 0.164. The molecule has 0 aliphatic carbocycles. The monoisotopic (exact) mass is 262 g/mol. The lowest BCUT2D eigenvalue weighted by atomic mass is 10.0. The van der Waals surface area contributed by atoms with Crippen molar-refractivity contribution in [2.75, 3.05) is 13.1 Å². The molecule has 0 fully saturated rings. The predicted octanol–water partition coefficient (Wildman–Crippen LogP) is 2.50. The summed E-state index contributed by atoms with van der Waals surface area (Å²) in [4.78, 5) is 11.6. The van der Waals surface area contributed by atoms with Gasteiger partial charge in [0.25, 0.3) is 0 Å². The van der Waals surface area contributed by atoms with Gasteiger partial charge < -0.3 is 11.1 Å². The first-order valence-corrected chi connectivity index (χ1v) is 7.23. The molecule has 3 nitrogen and oxygen atoms in total. The molecule has 0 saturated heterocycles. The van der Waals surface area contributed by atoms with E-state index in [0.29, 0.717) is 18.9 Å². The van der Waals surface area contributed by atoms with Crippen molar-refractivity contribution in [1.82, 2.24) is 5.32 Å². The van der Waals surface area contributed by atoms with Crippen molar-refractivity contribution < 1.29 is 4.79 Å². The molecule has 19 heavy (non-hydrogen) atoms. The van der Waals surface area contributed by atoms with E-state index >= 15 is 0 Å². The maximum atomic E-state index is 11.6. The van der Waals surface area contributed by atoms with E-state index < -0.39 is 0 Å². The molecule has 0 spiro atoms. The van der Waals surface area contributed by atoms with E-state index in [4.69, 9.17) is 5.73 Å². The lowest BCUT2D eigenvalue weighted by molar-refractivity contribution is -0.121. The van der Waals surface area contributed by atoms with E-state index in [1.54, 1.807) is 0 Å². The van der Waals surface area contributed by atoms with E-state index in [1.165, 1.54) is 5.56 Å². The highest BCUT2D eigenvalue weighted by molar-refractivity contribution is 5.75. The summed E-state index contributed by atoms with van der Waals surface area (Å²) in [5, 5.41) is 2.98. The van der Waals surface area contributed by atoms with E-state index in [2.05, 4.69) is 24.4 Å². The van der Waals surface area contributed by atoms with Crippen molar-refractivity contribution >= 4 is 5.91 Å². The van der Waals surface area contributed by atoms with Gasteiger partial charge in [-0.1, -0.05) is 37.3 Å². The van der Waals surface area contributed by atoms with Gasteiger partial charge in [-0.3, -0.25) is 4.79 Å². The molecule has 0 aromatic heterocycles. The van der Waals surface area contributed by atoms with Crippen molar-refractivity contribution in [2.24, 2.45) is 11.7 Å². The van der Waals surface area contributed by atoms with Gasteiger partial charge in [-0.25, -0.2) is 0 Å². The van der Waals surface area contributed by atoms with Crippen molar-refractivity contribution in [2.45, 2.75) is 39.0 Å². The summed E-state index contributed by atoms with van der Waals surface area (Å²) in [7, 11) is 0. The Morgan fingerprint density at radius 3 is 2.68 bits per heavy atom. The van der Waals surface area contributed by atoms with Gasteiger partial charge in [-0.05, 0) is 43.7 Å². The molecule has 106 valence electrons. The third kappa shape index (κ3) is 7.62. The van der Waals surface area contributed by atoms with Crippen molar-refractivity contribution in [3.63, 3.8) is 0 Å². The van der Waals surface area contributed by atoms with Gasteiger partial charge in [0.05, 0.1) is 0 Å². The number of aryl methyl sites for hydroxylation is 1. The Morgan fingerprint density at radius 2 is 2.00 bits per heavy atom. The summed E-state index contributed by atoms with van der Waals surface area (Å²) >= 11 is 0. The molecule has 1 atom stereocenters. The molecular weight excluding hydrogens is 236 g/mol. The number of nitrogens with one attached hydrogen (secondary N) is 1. The van der Waals surface area contributed by atoms with Gasteiger partial charge in [-0.2, -0.15) is 0 Å². The number of hydrogen-bond donors (Lipinski definition) is 2. The molecule has 1 amide bonds. The number of hydrogen-bond acceptors (Lipinski definition) is 2. The Hall–Kier alpha value is -1.35. The molecule has 0 aliphatic rings. The first kappa shape index (κ1) is 15.7. The Kier molecular flexibility index (Phi) is 7.91. The molecule has 1 aromatic rings. The van der Waals surface area contributed by atoms with Crippen LogP contribution in [0.1, 0.15) is 38.2 Å². The third-order valence-electron chi connectivity index (χ3n) is 3.33. The van der Waals surface area contributed by atoms with Crippen LogP contribution in [0.25, 0.3) is 0 Å². The van der Waals surface area contributed by atoms with Crippen LogP contribution in [0.3, 0.4) is 0 Å². The predicted molar refractivity (Wildman–Crippen MR) is 79.8 cm³/mol. The Morgan fingerprint density at radius 1 is 1.26 bits per heavy atom. The fourth-order valence-electron chi connectivity index (χ4n) is 2.06. The lowest BCUT2D eigenvalue weighted by Crippen LogP contribution is -2.25. The molecule has 1 rings (SSSR count). The summed E-state index contributed by atoms with van der Waals surface area (Å²) in [5.41, 5.74) is 6.82. The fraction of sp³-hybridized carbons (Fsp3) is 0.562. The van der Waals surface area contributed by atoms with Crippen LogP contribution >= 0.6 is 0 Å². The Bertz CT molecular complexity index is 351. The van der Waals surface area contributed by atoms with E-state index in [-0.39, 0.29) is 5.91 Å². The van der Waals surface area contributed by atoms with Crippen molar-refractivity contribution in [3.8, 4) is 0 Å². The van der Waals surface area contributed by atoms with Crippen LogP contribution in [-0.4, -0.2) is 19.0 Å². The number of carbonyl (C=O) groups excluding carboxylic acids is 1. The molecule has 3 heteroatoms. The number of benzene rings is 1. The second-order valence-electron chi connectivity index (χ2n) is 5.16. The average Bonchev–Trinajstić information content (AvgIpc) is 2.43.